The molecule has 1 N–H and O–H groups in total. The van der Waals surface area contributed by atoms with Crippen molar-refractivity contribution >= 4 is 11.7 Å². The first kappa shape index (κ1) is 15.9. The number of methoxy groups -OCH3 is 2. The predicted molar refractivity (Wildman–Crippen MR) is 82.4 cm³/mol. The van der Waals surface area contributed by atoms with Gasteiger partial charge in [-0.3, -0.25) is 4.79 Å². The molecule has 8 nitrogen and oxygen atoms in total. The molecule has 2 atom stereocenters. The second kappa shape index (κ2) is 6.67. The Balaban J connectivity index is 1.75. The average Bonchev–Trinajstić information content (AvgIpc) is 3.13. The Morgan fingerprint density at radius 1 is 1.52 bits per heavy atom. The highest BCUT2D eigenvalue weighted by molar-refractivity contribution is 5.85. The Bertz CT molecular complexity index is 570. The summed E-state index contributed by atoms with van der Waals surface area (Å²) in [5.41, 5.74) is -0.522. The number of aromatic nitrogens is 2. The Hall–Kier alpha value is -1.93. The fourth-order valence-electron chi connectivity index (χ4n) is 3.29. The lowest BCUT2D eigenvalue weighted by atomic mass is 9.80. The fourth-order valence-corrected chi connectivity index (χ4v) is 3.29. The number of amides is 1. The zero-order valence-corrected chi connectivity index (χ0v) is 13.4. The van der Waals surface area contributed by atoms with Crippen molar-refractivity contribution in [2.24, 2.45) is 11.3 Å². The van der Waals surface area contributed by atoms with Gasteiger partial charge in [-0.15, -0.1) is 0 Å². The number of nitrogens with one attached hydrogen (secondary N) is 1. The van der Waals surface area contributed by atoms with Crippen LogP contribution in [0.2, 0.25) is 0 Å². The summed E-state index contributed by atoms with van der Waals surface area (Å²) in [6, 6.07) is 1.79. The van der Waals surface area contributed by atoms with Gasteiger partial charge < -0.3 is 24.4 Å². The summed E-state index contributed by atoms with van der Waals surface area (Å²) in [6.45, 7) is 3.35. The summed E-state index contributed by atoms with van der Waals surface area (Å²) in [4.78, 5) is 23.1. The molecule has 1 amide bonds. The van der Waals surface area contributed by atoms with Crippen molar-refractivity contribution in [3.8, 4) is 5.88 Å². The molecule has 0 unspecified atom stereocenters. The van der Waals surface area contributed by atoms with Gasteiger partial charge in [-0.25, -0.2) is 9.97 Å². The number of anilines is 1. The van der Waals surface area contributed by atoms with Gasteiger partial charge in [0.05, 0.1) is 32.3 Å². The average molecular weight is 322 g/mol. The third-order valence-corrected chi connectivity index (χ3v) is 4.58. The summed E-state index contributed by atoms with van der Waals surface area (Å²) in [5, 5.41) is 2.95. The van der Waals surface area contributed by atoms with Crippen molar-refractivity contribution < 1.29 is 19.0 Å². The second-order valence-electron chi connectivity index (χ2n) is 5.92. The maximum atomic E-state index is 12.7. The monoisotopic (exact) mass is 322 g/mol. The maximum Gasteiger partial charge on any atom is 0.230 e. The summed E-state index contributed by atoms with van der Waals surface area (Å²) in [6.07, 6.45) is 1.48. The van der Waals surface area contributed by atoms with Gasteiger partial charge in [0.2, 0.25) is 11.8 Å². The van der Waals surface area contributed by atoms with E-state index in [0.29, 0.717) is 38.8 Å². The molecular formula is C15H22N4O4. The first-order valence-corrected chi connectivity index (χ1v) is 7.65. The van der Waals surface area contributed by atoms with Gasteiger partial charge >= 0.3 is 0 Å². The van der Waals surface area contributed by atoms with Crippen LogP contribution in [0.5, 0.6) is 5.88 Å². The SMILES string of the molecule is COCCNC(=O)[C@]12COC[C@H]1CN(c1cc(OC)ncn1)C2. The molecule has 3 heterocycles. The van der Waals surface area contributed by atoms with E-state index in [0.717, 1.165) is 12.4 Å². The van der Waals surface area contributed by atoms with Crippen LogP contribution in [0.1, 0.15) is 0 Å². The molecule has 1 aromatic rings. The first-order valence-electron chi connectivity index (χ1n) is 7.65. The minimum atomic E-state index is -0.522. The molecular weight excluding hydrogens is 300 g/mol. The summed E-state index contributed by atoms with van der Waals surface area (Å²) in [5.74, 6) is 1.48. The zero-order chi connectivity index (χ0) is 16.3. The van der Waals surface area contributed by atoms with Crippen molar-refractivity contribution in [3.05, 3.63) is 12.4 Å². The zero-order valence-electron chi connectivity index (χ0n) is 13.4. The first-order chi connectivity index (χ1) is 11.2. The van der Waals surface area contributed by atoms with Gasteiger partial charge in [-0.1, -0.05) is 0 Å². The second-order valence-corrected chi connectivity index (χ2v) is 5.92. The largest absolute Gasteiger partial charge is 0.481 e. The molecule has 2 saturated heterocycles. The van der Waals surface area contributed by atoms with Gasteiger partial charge in [-0.2, -0.15) is 0 Å². The fraction of sp³-hybridized carbons (Fsp3) is 0.667. The van der Waals surface area contributed by atoms with E-state index >= 15 is 0 Å². The standard InChI is InChI=1S/C15H22N4O4/c1-21-4-3-16-14(20)15-8-19(6-11(15)7-23-9-15)12-5-13(22-2)18-10-17-12/h5,10-11H,3-4,6-9H2,1-2H3,(H,16,20)/t11-,15-/m1/s1. The van der Waals surface area contributed by atoms with Gasteiger partial charge in [0, 0.05) is 38.7 Å². The molecule has 2 aliphatic heterocycles. The molecule has 0 bridgehead atoms. The van der Waals surface area contributed by atoms with E-state index in [9.17, 15) is 4.79 Å². The van der Waals surface area contributed by atoms with E-state index < -0.39 is 5.41 Å². The summed E-state index contributed by atoms with van der Waals surface area (Å²) >= 11 is 0. The molecule has 0 aromatic carbocycles. The van der Waals surface area contributed by atoms with Crippen molar-refractivity contribution in [2.45, 2.75) is 0 Å². The Kier molecular flexibility index (Phi) is 4.63. The number of rotatable bonds is 6. The Morgan fingerprint density at radius 3 is 3.17 bits per heavy atom. The molecule has 2 fully saturated rings. The maximum absolute atomic E-state index is 12.7. The molecule has 0 saturated carbocycles. The van der Waals surface area contributed by atoms with Crippen LogP contribution in [0.3, 0.4) is 0 Å². The molecule has 3 rings (SSSR count). The van der Waals surface area contributed by atoms with Crippen LogP contribution in [-0.4, -0.2) is 69.5 Å². The van der Waals surface area contributed by atoms with E-state index in [1.165, 1.54) is 6.33 Å². The third-order valence-electron chi connectivity index (χ3n) is 4.58. The molecule has 0 spiro atoms. The lowest BCUT2D eigenvalue weighted by Crippen LogP contribution is -2.47. The van der Waals surface area contributed by atoms with E-state index in [-0.39, 0.29) is 11.8 Å². The van der Waals surface area contributed by atoms with Crippen LogP contribution < -0.4 is 15.0 Å². The van der Waals surface area contributed by atoms with Gasteiger partial charge in [-0.05, 0) is 0 Å². The molecule has 126 valence electrons. The normalized spacial score (nSPS) is 26.2. The van der Waals surface area contributed by atoms with E-state index in [4.69, 9.17) is 14.2 Å². The highest BCUT2D eigenvalue weighted by Gasteiger charge is 2.56. The highest BCUT2D eigenvalue weighted by Crippen LogP contribution is 2.42. The summed E-state index contributed by atoms with van der Waals surface area (Å²) in [7, 11) is 3.19. The summed E-state index contributed by atoms with van der Waals surface area (Å²) < 4.78 is 15.7. The smallest absolute Gasteiger partial charge is 0.230 e. The van der Waals surface area contributed by atoms with E-state index in [1.54, 1.807) is 20.3 Å². The van der Waals surface area contributed by atoms with Gasteiger partial charge in [0.15, 0.2) is 0 Å². The van der Waals surface area contributed by atoms with Crippen LogP contribution in [-0.2, 0) is 14.3 Å². The lowest BCUT2D eigenvalue weighted by Gasteiger charge is -2.26. The van der Waals surface area contributed by atoms with Crippen molar-refractivity contribution in [1.82, 2.24) is 15.3 Å². The Labute approximate surface area is 135 Å². The van der Waals surface area contributed by atoms with E-state index in [1.807, 2.05) is 0 Å². The van der Waals surface area contributed by atoms with Crippen LogP contribution in [0.15, 0.2) is 12.4 Å². The topological polar surface area (TPSA) is 85.8 Å². The number of fused-ring (bicyclic) bond motifs is 1. The van der Waals surface area contributed by atoms with Crippen LogP contribution in [0.25, 0.3) is 0 Å². The molecule has 0 radical (unpaired) electrons. The number of carbonyl (C=O) groups excluding carboxylic acids is 1. The van der Waals surface area contributed by atoms with E-state index in [2.05, 4.69) is 20.2 Å². The quantitative estimate of drug-likeness (QED) is 0.720. The number of hydrogen-bond donors (Lipinski definition) is 1. The molecule has 23 heavy (non-hydrogen) atoms. The van der Waals surface area contributed by atoms with Gasteiger partial charge in [0.1, 0.15) is 12.1 Å². The number of hydrogen-bond acceptors (Lipinski definition) is 7. The number of carbonyl (C=O) groups is 1. The predicted octanol–water partition coefficient (Wildman–Crippen LogP) is -0.299. The molecule has 2 aliphatic rings. The number of nitrogens with zero attached hydrogens (tertiary/aromatic N) is 3. The van der Waals surface area contributed by atoms with Crippen LogP contribution >= 0.6 is 0 Å². The van der Waals surface area contributed by atoms with Crippen LogP contribution in [0.4, 0.5) is 5.82 Å². The molecule has 8 heteroatoms. The molecule has 0 aliphatic carbocycles. The molecule has 1 aromatic heterocycles. The van der Waals surface area contributed by atoms with Crippen molar-refractivity contribution in [2.75, 3.05) is 58.6 Å². The van der Waals surface area contributed by atoms with Crippen molar-refractivity contribution in [3.63, 3.8) is 0 Å². The Morgan fingerprint density at radius 2 is 2.39 bits per heavy atom. The van der Waals surface area contributed by atoms with Gasteiger partial charge in [0.25, 0.3) is 0 Å². The highest BCUT2D eigenvalue weighted by atomic mass is 16.5. The minimum Gasteiger partial charge on any atom is -0.481 e. The van der Waals surface area contributed by atoms with Crippen LogP contribution in [0, 0.1) is 11.3 Å². The lowest BCUT2D eigenvalue weighted by molar-refractivity contribution is -0.131. The third kappa shape index (κ3) is 2.96. The minimum absolute atomic E-state index is 0.0283. The number of ether oxygens (including phenoxy) is 3. The van der Waals surface area contributed by atoms with Crippen molar-refractivity contribution in [1.29, 1.82) is 0 Å².